The number of aryl methyl sites for hydroxylation is 1. The van der Waals surface area contributed by atoms with Crippen molar-refractivity contribution in [2.75, 3.05) is 5.32 Å². The van der Waals surface area contributed by atoms with E-state index in [-0.39, 0.29) is 22.8 Å². The Hall–Kier alpha value is -3.09. The number of hydrogen-bond donors (Lipinski definition) is 3. The minimum atomic E-state index is -0.735. The molecule has 0 atom stereocenters. The Bertz CT molecular complexity index is 858. The highest BCUT2D eigenvalue weighted by Crippen LogP contribution is 2.29. The van der Waals surface area contributed by atoms with Gasteiger partial charge in [0.2, 0.25) is 11.8 Å². The number of imidazole rings is 1. The van der Waals surface area contributed by atoms with Crippen LogP contribution in [0.25, 0.3) is 11.0 Å². The number of furan rings is 1. The van der Waals surface area contributed by atoms with Crippen molar-refractivity contribution in [1.82, 2.24) is 9.97 Å². The van der Waals surface area contributed by atoms with Gasteiger partial charge in [-0.3, -0.25) is 14.9 Å². The number of amides is 1. The predicted molar refractivity (Wildman–Crippen MR) is 81.3 cm³/mol. The van der Waals surface area contributed by atoms with Gasteiger partial charge in [-0.05, 0) is 26.0 Å². The normalized spacial score (nSPS) is 10.8. The molecular formula is C15H14N4O3. The molecule has 0 radical (unpaired) electrons. The topological polar surface area (TPSA) is 114 Å². The van der Waals surface area contributed by atoms with E-state index in [0.29, 0.717) is 11.7 Å². The van der Waals surface area contributed by atoms with E-state index in [9.17, 15) is 9.59 Å². The number of aromatic amines is 1. The smallest absolute Gasteiger partial charge is 0.255 e. The molecule has 112 valence electrons. The highest BCUT2D eigenvalue weighted by Gasteiger charge is 2.25. The number of Topliss-reactive ketones (excluding diaryl/α,β-unsaturated/α-hetero) is 1. The van der Waals surface area contributed by atoms with Crippen LogP contribution in [-0.2, 0) is 0 Å². The fourth-order valence-electron chi connectivity index (χ4n) is 2.41. The number of nitrogens with two attached hydrogens (primary N) is 1. The lowest BCUT2D eigenvalue weighted by Crippen LogP contribution is -2.15. The summed E-state index contributed by atoms with van der Waals surface area (Å²) in [7, 11) is 0. The lowest BCUT2D eigenvalue weighted by Gasteiger charge is -2.01. The molecule has 1 aromatic carbocycles. The molecule has 0 aliphatic heterocycles. The lowest BCUT2D eigenvalue weighted by atomic mass is 10.1. The van der Waals surface area contributed by atoms with E-state index in [4.69, 9.17) is 10.2 Å². The first-order chi connectivity index (χ1) is 10.5. The Morgan fingerprint density at radius 2 is 2.00 bits per heavy atom. The third-order valence-electron chi connectivity index (χ3n) is 3.30. The number of benzene rings is 1. The van der Waals surface area contributed by atoms with Crippen molar-refractivity contribution in [3.05, 3.63) is 41.2 Å². The Morgan fingerprint density at radius 1 is 1.27 bits per heavy atom. The van der Waals surface area contributed by atoms with Gasteiger partial charge in [-0.2, -0.15) is 0 Å². The molecule has 0 spiro atoms. The number of carbonyl (C=O) groups is 2. The van der Waals surface area contributed by atoms with Crippen LogP contribution in [0.5, 0.6) is 0 Å². The molecule has 0 fully saturated rings. The van der Waals surface area contributed by atoms with Gasteiger partial charge >= 0.3 is 0 Å². The minimum Gasteiger partial charge on any atom is -0.444 e. The molecule has 2 aromatic heterocycles. The van der Waals surface area contributed by atoms with Crippen molar-refractivity contribution in [3.63, 3.8) is 0 Å². The maximum absolute atomic E-state index is 11.7. The van der Waals surface area contributed by atoms with Gasteiger partial charge in [-0.25, -0.2) is 4.98 Å². The van der Waals surface area contributed by atoms with Gasteiger partial charge in [-0.15, -0.1) is 0 Å². The molecule has 0 unspecified atom stereocenters. The number of nitrogens with one attached hydrogen (secondary N) is 2. The Kier molecular flexibility index (Phi) is 3.17. The maximum Gasteiger partial charge on any atom is 0.255 e. The van der Waals surface area contributed by atoms with Crippen molar-refractivity contribution in [3.8, 4) is 0 Å². The second-order valence-corrected chi connectivity index (χ2v) is 4.89. The monoisotopic (exact) mass is 298 g/mol. The average molecular weight is 298 g/mol. The van der Waals surface area contributed by atoms with Crippen LogP contribution in [0.15, 0.2) is 28.7 Å². The van der Waals surface area contributed by atoms with Crippen molar-refractivity contribution < 1.29 is 14.0 Å². The first-order valence-electron chi connectivity index (χ1n) is 6.63. The van der Waals surface area contributed by atoms with Crippen LogP contribution >= 0.6 is 0 Å². The van der Waals surface area contributed by atoms with Gasteiger partial charge < -0.3 is 15.1 Å². The molecule has 0 saturated carbocycles. The standard InChI is InChI=1S/C15H14N4O3/c1-7(20)11-8(2)22-14(12(11)13(16)21)19-15-17-9-5-3-4-6-10(9)18-15/h3-6H,1-2H3,(H2,16,21)(H2,17,18,19). The van der Waals surface area contributed by atoms with Crippen LogP contribution in [0.2, 0.25) is 0 Å². The minimum absolute atomic E-state index is 0.0328. The molecule has 0 bridgehead atoms. The molecule has 3 rings (SSSR count). The fourth-order valence-corrected chi connectivity index (χ4v) is 2.41. The molecule has 2 heterocycles. The zero-order valence-electron chi connectivity index (χ0n) is 12.1. The second kappa shape index (κ2) is 5.03. The predicted octanol–water partition coefficient (Wildman–Crippen LogP) is 2.51. The summed E-state index contributed by atoms with van der Waals surface area (Å²) in [6.45, 7) is 2.96. The number of aromatic nitrogens is 2. The highest BCUT2D eigenvalue weighted by atomic mass is 16.4. The van der Waals surface area contributed by atoms with Gasteiger partial charge in [0.15, 0.2) is 5.78 Å². The summed E-state index contributed by atoms with van der Waals surface area (Å²) in [5.74, 6) is -0.185. The summed E-state index contributed by atoms with van der Waals surface area (Å²) < 4.78 is 5.48. The van der Waals surface area contributed by atoms with Gasteiger partial charge in [0.1, 0.15) is 11.3 Å². The Labute approximate surface area is 125 Å². The van der Waals surface area contributed by atoms with Crippen LogP contribution in [-0.4, -0.2) is 21.7 Å². The molecule has 22 heavy (non-hydrogen) atoms. The molecule has 0 saturated heterocycles. The van der Waals surface area contributed by atoms with E-state index in [1.807, 2.05) is 24.3 Å². The van der Waals surface area contributed by atoms with Crippen LogP contribution in [0.3, 0.4) is 0 Å². The number of para-hydroxylation sites is 2. The Morgan fingerprint density at radius 3 is 2.64 bits per heavy atom. The van der Waals surface area contributed by atoms with Crippen molar-refractivity contribution in [2.45, 2.75) is 13.8 Å². The largest absolute Gasteiger partial charge is 0.444 e. The summed E-state index contributed by atoms with van der Waals surface area (Å²) in [4.78, 5) is 30.7. The number of hydrogen-bond acceptors (Lipinski definition) is 5. The number of H-pyrrole nitrogens is 1. The summed E-state index contributed by atoms with van der Waals surface area (Å²) in [5, 5.41) is 2.87. The highest BCUT2D eigenvalue weighted by molar-refractivity contribution is 6.10. The molecule has 0 aliphatic carbocycles. The van der Waals surface area contributed by atoms with Crippen LogP contribution in [0.4, 0.5) is 11.8 Å². The number of anilines is 2. The second-order valence-electron chi connectivity index (χ2n) is 4.89. The van der Waals surface area contributed by atoms with Crippen molar-refractivity contribution in [1.29, 1.82) is 0 Å². The zero-order chi connectivity index (χ0) is 15.9. The average Bonchev–Trinajstić information content (AvgIpc) is 2.98. The van der Waals surface area contributed by atoms with Gasteiger partial charge in [0.05, 0.1) is 16.6 Å². The van der Waals surface area contributed by atoms with E-state index in [2.05, 4.69) is 15.3 Å². The molecule has 7 heteroatoms. The van der Waals surface area contributed by atoms with E-state index < -0.39 is 5.91 Å². The van der Waals surface area contributed by atoms with E-state index in [1.165, 1.54) is 6.92 Å². The molecule has 1 amide bonds. The molecular weight excluding hydrogens is 284 g/mol. The zero-order valence-corrected chi connectivity index (χ0v) is 12.1. The molecule has 4 N–H and O–H groups in total. The van der Waals surface area contributed by atoms with Gasteiger partial charge in [-0.1, -0.05) is 12.1 Å². The summed E-state index contributed by atoms with van der Waals surface area (Å²) in [5.41, 5.74) is 7.19. The number of fused-ring (bicyclic) bond motifs is 1. The summed E-state index contributed by atoms with van der Waals surface area (Å²) >= 11 is 0. The number of primary amides is 1. The quantitative estimate of drug-likeness (QED) is 0.640. The lowest BCUT2D eigenvalue weighted by molar-refractivity contribution is 0.0974. The SMILES string of the molecule is CC(=O)c1c(C)oc(Nc2nc3ccccc3[nH]2)c1C(N)=O. The Balaban J connectivity index is 2.06. The van der Waals surface area contributed by atoms with E-state index in [1.54, 1.807) is 6.92 Å². The number of carbonyl (C=O) groups excluding carboxylic acids is 2. The molecule has 0 aliphatic rings. The number of ketones is 1. The molecule has 3 aromatic rings. The van der Waals surface area contributed by atoms with Crippen LogP contribution < -0.4 is 11.1 Å². The van der Waals surface area contributed by atoms with E-state index >= 15 is 0 Å². The number of nitrogens with zero attached hydrogens (tertiary/aromatic N) is 1. The van der Waals surface area contributed by atoms with Gasteiger partial charge in [0.25, 0.3) is 5.91 Å². The fraction of sp³-hybridized carbons (Fsp3) is 0.133. The number of rotatable bonds is 4. The first kappa shape index (κ1) is 13.9. The first-order valence-corrected chi connectivity index (χ1v) is 6.63. The van der Waals surface area contributed by atoms with E-state index in [0.717, 1.165) is 11.0 Å². The third kappa shape index (κ3) is 2.22. The van der Waals surface area contributed by atoms with Crippen molar-refractivity contribution in [2.24, 2.45) is 5.73 Å². The molecule has 7 nitrogen and oxygen atoms in total. The van der Waals surface area contributed by atoms with Crippen LogP contribution in [0, 0.1) is 6.92 Å². The van der Waals surface area contributed by atoms with Gasteiger partial charge in [0, 0.05) is 0 Å². The maximum atomic E-state index is 11.7. The summed E-state index contributed by atoms with van der Waals surface area (Å²) in [6, 6.07) is 7.47. The van der Waals surface area contributed by atoms with Crippen LogP contribution in [0.1, 0.15) is 33.4 Å². The summed E-state index contributed by atoms with van der Waals surface area (Å²) in [6.07, 6.45) is 0. The van der Waals surface area contributed by atoms with Crippen molar-refractivity contribution >= 4 is 34.6 Å². The third-order valence-corrected chi connectivity index (χ3v) is 3.30.